The van der Waals surface area contributed by atoms with Crippen LogP contribution in [0.4, 0.5) is 0 Å². The van der Waals surface area contributed by atoms with Crippen molar-refractivity contribution in [3.05, 3.63) is 41.6 Å². The average molecular weight is 256 g/mol. The summed E-state index contributed by atoms with van der Waals surface area (Å²) in [7, 11) is 0. The minimum atomic E-state index is -0.0725. The first-order valence-electron chi connectivity index (χ1n) is 6.86. The zero-order chi connectivity index (χ0) is 14.3. The third-order valence-corrected chi connectivity index (χ3v) is 3.76. The van der Waals surface area contributed by atoms with E-state index in [0.29, 0.717) is 6.54 Å². The van der Waals surface area contributed by atoms with Crippen molar-refractivity contribution in [2.75, 3.05) is 6.54 Å². The number of nitrogens with zero attached hydrogens (tertiary/aromatic N) is 1. The Bertz CT molecular complexity index is 592. The molecule has 0 amide bonds. The van der Waals surface area contributed by atoms with Gasteiger partial charge in [-0.3, -0.25) is 4.98 Å². The van der Waals surface area contributed by atoms with E-state index in [9.17, 15) is 0 Å². The number of aromatic nitrogens is 1. The van der Waals surface area contributed by atoms with Gasteiger partial charge in [0.15, 0.2) is 0 Å². The number of hydrogen-bond donors (Lipinski definition) is 1. The lowest BCUT2D eigenvalue weighted by atomic mass is 9.85. The lowest BCUT2D eigenvalue weighted by molar-refractivity contribution is 0.523. The maximum Gasteiger partial charge on any atom is 0.0705 e. The van der Waals surface area contributed by atoms with Crippen molar-refractivity contribution >= 4 is 10.9 Å². The van der Waals surface area contributed by atoms with Crippen molar-refractivity contribution in [3.8, 4) is 0 Å². The van der Waals surface area contributed by atoms with Crippen molar-refractivity contribution in [1.29, 1.82) is 0 Å². The van der Waals surface area contributed by atoms with Gasteiger partial charge >= 0.3 is 0 Å². The number of nitrogens with two attached hydrogens (primary N) is 1. The molecule has 0 fully saturated rings. The van der Waals surface area contributed by atoms with Crippen LogP contribution in [0.15, 0.2) is 30.3 Å². The Balaban J connectivity index is 2.53. The molecule has 0 saturated heterocycles. The van der Waals surface area contributed by atoms with Crippen molar-refractivity contribution in [2.24, 2.45) is 5.73 Å². The maximum atomic E-state index is 5.82. The predicted molar refractivity (Wildman–Crippen MR) is 82.5 cm³/mol. The highest BCUT2D eigenvalue weighted by atomic mass is 14.7. The second kappa shape index (κ2) is 4.61. The fraction of sp³-hybridized carbons (Fsp3) is 0.471. The number of hydrogen-bond acceptors (Lipinski definition) is 2. The van der Waals surface area contributed by atoms with Crippen LogP contribution in [-0.2, 0) is 10.8 Å². The number of fused-ring (bicyclic) bond motifs is 1. The van der Waals surface area contributed by atoms with E-state index in [2.05, 4.69) is 65.0 Å². The van der Waals surface area contributed by atoms with Gasteiger partial charge in [0.1, 0.15) is 0 Å². The molecule has 0 spiro atoms. The largest absolute Gasteiger partial charge is 0.330 e. The zero-order valence-corrected chi connectivity index (χ0v) is 12.6. The van der Waals surface area contributed by atoms with Crippen molar-refractivity contribution < 1.29 is 0 Å². The minimum Gasteiger partial charge on any atom is -0.330 e. The molecule has 102 valence electrons. The Morgan fingerprint density at radius 3 is 2.26 bits per heavy atom. The van der Waals surface area contributed by atoms with Crippen LogP contribution >= 0.6 is 0 Å². The van der Waals surface area contributed by atoms with Crippen LogP contribution in [0, 0.1) is 0 Å². The molecule has 2 rings (SSSR count). The van der Waals surface area contributed by atoms with Gasteiger partial charge in [-0.25, -0.2) is 0 Å². The number of benzene rings is 1. The first-order chi connectivity index (χ1) is 8.74. The van der Waals surface area contributed by atoms with Gasteiger partial charge in [0.2, 0.25) is 0 Å². The molecule has 2 heteroatoms. The van der Waals surface area contributed by atoms with Crippen LogP contribution in [0.5, 0.6) is 0 Å². The summed E-state index contributed by atoms with van der Waals surface area (Å²) >= 11 is 0. The van der Waals surface area contributed by atoms with Crippen LogP contribution in [-0.4, -0.2) is 11.5 Å². The standard InChI is InChI=1S/C17H24N2/c1-16(2,3)13-7-8-14-12(10-13)6-9-15(19-14)17(4,5)11-18/h6-10H,11,18H2,1-5H3. The third kappa shape index (κ3) is 2.79. The second-order valence-electron chi connectivity index (χ2n) is 6.94. The van der Waals surface area contributed by atoms with Crippen LogP contribution in [0.2, 0.25) is 0 Å². The molecule has 0 atom stereocenters. The van der Waals surface area contributed by atoms with Gasteiger partial charge in [-0.15, -0.1) is 0 Å². The SMILES string of the molecule is CC(C)(C)c1ccc2nc(C(C)(C)CN)ccc2c1. The molecule has 19 heavy (non-hydrogen) atoms. The molecule has 0 aliphatic heterocycles. The van der Waals surface area contributed by atoms with E-state index in [1.807, 2.05) is 0 Å². The van der Waals surface area contributed by atoms with Gasteiger partial charge in [-0.05, 0) is 29.2 Å². The minimum absolute atomic E-state index is 0.0725. The van der Waals surface area contributed by atoms with Gasteiger partial charge in [0.25, 0.3) is 0 Å². The molecule has 2 N–H and O–H groups in total. The Morgan fingerprint density at radius 1 is 1.00 bits per heavy atom. The molecule has 1 heterocycles. The molecule has 0 unspecified atom stereocenters. The van der Waals surface area contributed by atoms with Crippen molar-refractivity contribution in [1.82, 2.24) is 4.98 Å². The third-order valence-electron chi connectivity index (χ3n) is 3.76. The van der Waals surface area contributed by atoms with Gasteiger partial charge < -0.3 is 5.73 Å². The Hall–Kier alpha value is -1.41. The van der Waals surface area contributed by atoms with Crippen molar-refractivity contribution in [2.45, 2.75) is 45.4 Å². The van der Waals surface area contributed by atoms with Crippen LogP contribution in [0.3, 0.4) is 0 Å². The molecular formula is C17H24N2. The van der Waals surface area contributed by atoms with E-state index in [-0.39, 0.29) is 10.8 Å². The van der Waals surface area contributed by atoms with Gasteiger partial charge in [0, 0.05) is 23.0 Å². The molecule has 2 aromatic rings. The first-order valence-corrected chi connectivity index (χ1v) is 6.86. The smallest absolute Gasteiger partial charge is 0.0705 e. The summed E-state index contributed by atoms with van der Waals surface area (Å²) in [5.74, 6) is 0. The molecule has 0 saturated carbocycles. The van der Waals surface area contributed by atoms with Gasteiger partial charge in [-0.2, -0.15) is 0 Å². The van der Waals surface area contributed by atoms with E-state index in [4.69, 9.17) is 10.7 Å². The highest BCUT2D eigenvalue weighted by Crippen LogP contribution is 2.27. The molecule has 1 aromatic heterocycles. The quantitative estimate of drug-likeness (QED) is 0.888. The van der Waals surface area contributed by atoms with E-state index in [1.165, 1.54) is 10.9 Å². The Kier molecular flexibility index (Phi) is 3.40. The normalized spacial score (nSPS) is 12.9. The molecule has 1 aromatic carbocycles. The Morgan fingerprint density at radius 2 is 1.68 bits per heavy atom. The molecule has 0 radical (unpaired) electrons. The maximum absolute atomic E-state index is 5.82. The van der Waals surface area contributed by atoms with Crippen LogP contribution in [0.1, 0.15) is 45.9 Å². The van der Waals surface area contributed by atoms with E-state index in [0.717, 1.165) is 11.2 Å². The van der Waals surface area contributed by atoms with Crippen molar-refractivity contribution in [3.63, 3.8) is 0 Å². The molecular weight excluding hydrogens is 232 g/mol. The molecule has 0 bridgehead atoms. The summed E-state index contributed by atoms with van der Waals surface area (Å²) in [6, 6.07) is 10.8. The summed E-state index contributed by atoms with van der Waals surface area (Å²) in [5.41, 5.74) is 9.37. The zero-order valence-electron chi connectivity index (χ0n) is 12.6. The monoisotopic (exact) mass is 256 g/mol. The molecule has 0 aliphatic rings. The van der Waals surface area contributed by atoms with E-state index < -0.39 is 0 Å². The predicted octanol–water partition coefficient (Wildman–Crippen LogP) is 3.77. The van der Waals surface area contributed by atoms with Crippen LogP contribution in [0.25, 0.3) is 10.9 Å². The second-order valence-corrected chi connectivity index (χ2v) is 6.94. The lowest BCUT2D eigenvalue weighted by Crippen LogP contribution is -2.29. The summed E-state index contributed by atoms with van der Waals surface area (Å²) in [5, 5.41) is 1.20. The first kappa shape index (κ1) is 14.0. The van der Waals surface area contributed by atoms with E-state index >= 15 is 0 Å². The summed E-state index contributed by atoms with van der Waals surface area (Å²) in [6.45, 7) is 11.6. The topological polar surface area (TPSA) is 38.9 Å². The number of pyridine rings is 1. The summed E-state index contributed by atoms with van der Waals surface area (Å²) in [4.78, 5) is 4.76. The van der Waals surface area contributed by atoms with Crippen LogP contribution < -0.4 is 5.73 Å². The summed E-state index contributed by atoms with van der Waals surface area (Å²) < 4.78 is 0. The Labute approximate surface area is 116 Å². The fourth-order valence-corrected chi connectivity index (χ4v) is 2.07. The average Bonchev–Trinajstić information content (AvgIpc) is 2.36. The fourth-order valence-electron chi connectivity index (χ4n) is 2.07. The highest BCUT2D eigenvalue weighted by molar-refractivity contribution is 5.79. The van der Waals surface area contributed by atoms with Gasteiger partial charge in [0.05, 0.1) is 5.52 Å². The molecule has 0 aliphatic carbocycles. The number of rotatable bonds is 2. The highest BCUT2D eigenvalue weighted by Gasteiger charge is 2.20. The summed E-state index contributed by atoms with van der Waals surface area (Å²) in [6.07, 6.45) is 0. The lowest BCUT2D eigenvalue weighted by Gasteiger charge is -2.23. The van der Waals surface area contributed by atoms with Gasteiger partial charge in [-0.1, -0.05) is 46.8 Å². The molecule has 2 nitrogen and oxygen atoms in total. The van der Waals surface area contributed by atoms with E-state index in [1.54, 1.807) is 0 Å².